The van der Waals surface area contributed by atoms with Crippen molar-refractivity contribution < 1.29 is 24.0 Å². The topological polar surface area (TPSA) is 146 Å². The summed E-state index contributed by atoms with van der Waals surface area (Å²) >= 11 is 0. The summed E-state index contributed by atoms with van der Waals surface area (Å²) in [4.78, 5) is 65.8. The maximum Gasteiger partial charge on any atom is 0.244 e. The Bertz CT molecular complexity index is 809. The molecule has 35 heavy (non-hydrogen) atoms. The third-order valence-corrected chi connectivity index (χ3v) is 8.62. The van der Waals surface area contributed by atoms with Crippen LogP contribution in [0.5, 0.6) is 0 Å². The van der Waals surface area contributed by atoms with E-state index in [4.69, 9.17) is 0 Å². The van der Waals surface area contributed by atoms with Gasteiger partial charge in [0.15, 0.2) is 0 Å². The molecular weight excluding hydrogens is 490 g/mol. The summed E-state index contributed by atoms with van der Waals surface area (Å²) in [5.74, 6) is -2.10. The van der Waals surface area contributed by atoms with E-state index in [1.807, 2.05) is 27.7 Å². The highest BCUT2D eigenvalue weighted by Crippen LogP contribution is 2.25. The van der Waals surface area contributed by atoms with E-state index in [1.165, 1.54) is 21.6 Å². The van der Waals surface area contributed by atoms with Crippen LogP contribution in [0.1, 0.15) is 54.4 Å². The van der Waals surface area contributed by atoms with Gasteiger partial charge in [-0.2, -0.15) is 0 Å². The van der Waals surface area contributed by atoms with E-state index < -0.39 is 59.7 Å². The van der Waals surface area contributed by atoms with Crippen LogP contribution in [0.4, 0.5) is 0 Å². The molecule has 0 aromatic rings. The summed E-state index contributed by atoms with van der Waals surface area (Å²) < 4.78 is 0. The first-order chi connectivity index (χ1) is 16.4. The molecule has 5 N–H and O–H groups in total. The van der Waals surface area contributed by atoms with Crippen molar-refractivity contribution in [1.82, 2.24) is 26.6 Å². The number of hydrogen-bond donors (Lipinski definition) is 5. The van der Waals surface area contributed by atoms with Crippen molar-refractivity contribution in [2.24, 2.45) is 17.8 Å². The van der Waals surface area contributed by atoms with Gasteiger partial charge < -0.3 is 26.6 Å². The number of rotatable bonds is 5. The van der Waals surface area contributed by atoms with E-state index in [1.54, 1.807) is 13.8 Å². The third kappa shape index (κ3) is 8.30. The van der Waals surface area contributed by atoms with Crippen LogP contribution < -0.4 is 26.6 Å². The lowest BCUT2D eigenvalue weighted by molar-refractivity contribution is -0.135. The second-order valence-corrected chi connectivity index (χ2v) is 12.5. The highest BCUT2D eigenvalue weighted by Gasteiger charge is 2.37. The van der Waals surface area contributed by atoms with Gasteiger partial charge >= 0.3 is 0 Å². The standard InChI is InChI=1S/C23H39N5O5S2/c1-7-13(6)18-23(33)24-14(8-11(2)3)19(29)27-17(12(4)5)22(32)26-15-9-34-35-10-16(21(31)28-18)25-20(15)30/h11-18H,7-10H2,1-6H3,(H,24,33)(H,25,30)(H,26,32)(H,27,29)(H,28,31)/t13-,14-,15-,16-,17+,18+/m1/s1. The first-order valence-electron chi connectivity index (χ1n) is 12.2. The molecule has 2 aliphatic rings. The molecule has 0 radical (unpaired) electrons. The molecule has 0 unspecified atom stereocenters. The van der Waals surface area contributed by atoms with Crippen LogP contribution in [-0.2, 0) is 24.0 Å². The Morgan fingerprint density at radius 3 is 1.69 bits per heavy atom. The molecule has 5 amide bonds. The summed E-state index contributed by atoms with van der Waals surface area (Å²) in [6.45, 7) is 11.2. The van der Waals surface area contributed by atoms with Gasteiger partial charge in [-0.3, -0.25) is 24.0 Å². The van der Waals surface area contributed by atoms with E-state index in [-0.39, 0.29) is 17.8 Å². The van der Waals surface area contributed by atoms with Crippen molar-refractivity contribution >= 4 is 51.1 Å². The summed E-state index contributed by atoms with van der Waals surface area (Å²) in [6, 6.07) is -4.38. The maximum absolute atomic E-state index is 13.3. The van der Waals surface area contributed by atoms with Crippen LogP contribution in [0, 0.1) is 17.8 Å². The lowest BCUT2D eigenvalue weighted by Crippen LogP contribution is -2.60. The number of carbonyl (C=O) groups is 5. The van der Waals surface area contributed by atoms with Gasteiger partial charge in [-0.05, 0) is 24.2 Å². The Hall–Kier alpha value is -1.95. The van der Waals surface area contributed by atoms with Gasteiger partial charge in [0.05, 0.1) is 0 Å². The zero-order valence-electron chi connectivity index (χ0n) is 21.3. The first-order valence-corrected chi connectivity index (χ1v) is 14.7. The minimum atomic E-state index is -0.893. The molecule has 198 valence electrons. The van der Waals surface area contributed by atoms with Gasteiger partial charge in [0.25, 0.3) is 0 Å². The Morgan fingerprint density at radius 1 is 0.686 bits per heavy atom. The average Bonchev–Trinajstić information content (AvgIpc) is 2.77. The molecule has 0 aromatic carbocycles. The van der Waals surface area contributed by atoms with E-state index in [2.05, 4.69) is 26.6 Å². The van der Waals surface area contributed by atoms with Gasteiger partial charge in [0, 0.05) is 11.5 Å². The van der Waals surface area contributed by atoms with Gasteiger partial charge in [-0.15, -0.1) is 0 Å². The Labute approximate surface area is 215 Å². The molecule has 12 heteroatoms. The van der Waals surface area contributed by atoms with Gasteiger partial charge in [0.1, 0.15) is 30.2 Å². The molecule has 2 rings (SSSR count). The maximum atomic E-state index is 13.3. The first kappa shape index (κ1) is 29.3. The van der Waals surface area contributed by atoms with Crippen LogP contribution in [0.2, 0.25) is 0 Å². The predicted molar refractivity (Wildman–Crippen MR) is 138 cm³/mol. The fourth-order valence-electron chi connectivity index (χ4n) is 3.84. The highest BCUT2D eigenvalue weighted by molar-refractivity contribution is 8.76. The normalized spacial score (nSPS) is 30.2. The zero-order valence-corrected chi connectivity index (χ0v) is 22.9. The van der Waals surface area contributed by atoms with Crippen LogP contribution in [0.15, 0.2) is 0 Å². The van der Waals surface area contributed by atoms with E-state index in [0.717, 1.165) is 0 Å². The molecule has 0 aromatic heterocycles. The Morgan fingerprint density at radius 2 is 1.17 bits per heavy atom. The number of fused-ring (bicyclic) bond motifs is 3. The van der Waals surface area contributed by atoms with Gasteiger partial charge in [0.2, 0.25) is 29.5 Å². The number of hydrogen-bond acceptors (Lipinski definition) is 7. The van der Waals surface area contributed by atoms with Crippen molar-refractivity contribution in [2.45, 2.75) is 84.6 Å². The van der Waals surface area contributed by atoms with Crippen LogP contribution in [-0.4, -0.2) is 71.3 Å². The molecule has 0 saturated carbocycles. The predicted octanol–water partition coefficient (Wildman–Crippen LogP) is 0.567. The lowest BCUT2D eigenvalue weighted by atomic mass is 9.96. The highest BCUT2D eigenvalue weighted by atomic mass is 33.1. The molecule has 0 aliphatic carbocycles. The minimum absolute atomic E-state index is 0.0924. The van der Waals surface area contributed by atoms with Crippen molar-refractivity contribution in [2.75, 3.05) is 11.5 Å². The van der Waals surface area contributed by atoms with Crippen LogP contribution in [0.25, 0.3) is 0 Å². The lowest BCUT2D eigenvalue weighted by Gasteiger charge is -2.29. The summed E-state index contributed by atoms with van der Waals surface area (Å²) in [5.41, 5.74) is 0. The monoisotopic (exact) mass is 529 g/mol. The number of nitrogens with one attached hydrogen (secondary N) is 5. The second-order valence-electron chi connectivity index (χ2n) is 9.98. The van der Waals surface area contributed by atoms with Crippen molar-refractivity contribution in [3.05, 3.63) is 0 Å². The summed E-state index contributed by atoms with van der Waals surface area (Å²) in [6.07, 6.45) is 0.987. The fourth-order valence-corrected chi connectivity index (χ4v) is 6.17. The quantitative estimate of drug-likeness (QED) is 0.327. The smallest absolute Gasteiger partial charge is 0.244 e. The molecular formula is C23H39N5O5S2. The molecule has 2 saturated heterocycles. The SMILES string of the molecule is CC[C@@H](C)[C@@H]1NC(=O)[C@H]2CSSC[C@@H](NC(=O)[C@H](C(C)C)NC(=O)[C@@H](CC(C)C)NC1=O)C(=O)N2. The number of amides is 5. The third-order valence-electron chi connectivity index (χ3n) is 6.20. The van der Waals surface area contributed by atoms with E-state index in [9.17, 15) is 24.0 Å². The molecule has 0 spiro atoms. The Balaban J connectivity index is 2.49. The number of carbonyl (C=O) groups excluding carboxylic acids is 5. The average molecular weight is 530 g/mol. The zero-order chi connectivity index (χ0) is 26.3. The van der Waals surface area contributed by atoms with Crippen molar-refractivity contribution in [1.29, 1.82) is 0 Å². The molecule has 10 nitrogen and oxygen atoms in total. The summed E-state index contributed by atoms with van der Waals surface area (Å²) in [7, 11) is 2.80. The molecule has 2 aliphatic heterocycles. The fraction of sp³-hybridized carbons (Fsp3) is 0.783. The summed E-state index contributed by atoms with van der Waals surface area (Å²) in [5, 5.41) is 13.9. The van der Waals surface area contributed by atoms with E-state index in [0.29, 0.717) is 24.3 Å². The van der Waals surface area contributed by atoms with E-state index >= 15 is 0 Å². The minimum Gasteiger partial charge on any atom is -0.343 e. The van der Waals surface area contributed by atoms with Gasteiger partial charge in [-0.1, -0.05) is 69.6 Å². The molecule has 6 atom stereocenters. The molecule has 2 heterocycles. The van der Waals surface area contributed by atoms with Crippen molar-refractivity contribution in [3.8, 4) is 0 Å². The van der Waals surface area contributed by atoms with Gasteiger partial charge in [-0.25, -0.2) is 0 Å². The van der Waals surface area contributed by atoms with Crippen LogP contribution in [0.3, 0.4) is 0 Å². The second kappa shape index (κ2) is 13.4. The van der Waals surface area contributed by atoms with Crippen molar-refractivity contribution in [3.63, 3.8) is 0 Å². The largest absolute Gasteiger partial charge is 0.343 e. The molecule has 2 bridgehead atoms. The Kier molecular flexibility index (Phi) is 11.2. The molecule has 2 fully saturated rings. The van der Waals surface area contributed by atoms with Crippen LogP contribution >= 0.6 is 21.6 Å².